The van der Waals surface area contributed by atoms with E-state index in [-0.39, 0.29) is 0 Å². The number of benzene rings is 1. The summed E-state index contributed by atoms with van der Waals surface area (Å²) in [7, 11) is 0. The molecule has 1 fully saturated rings. The van der Waals surface area contributed by atoms with Crippen molar-refractivity contribution in [3.8, 4) is 10.4 Å². The number of nitrogens with one attached hydrogen (secondary N) is 1. The molecule has 20 heavy (non-hydrogen) atoms. The van der Waals surface area contributed by atoms with E-state index in [0.717, 1.165) is 18.1 Å². The van der Waals surface area contributed by atoms with Crippen molar-refractivity contribution < 1.29 is 0 Å². The van der Waals surface area contributed by atoms with Gasteiger partial charge in [0.25, 0.3) is 0 Å². The zero-order valence-corrected chi connectivity index (χ0v) is 12.0. The van der Waals surface area contributed by atoms with Gasteiger partial charge < -0.3 is 5.32 Å². The molecule has 1 aliphatic rings. The van der Waals surface area contributed by atoms with Gasteiger partial charge in [-0.2, -0.15) is 0 Å². The van der Waals surface area contributed by atoms with Crippen molar-refractivity contribution in [2.45, 2.75) is 25.4 Å². The Balaban J connectivity index is 1.67. The predicted molar refractivity (Wildman–Crippen MR) is 84.9 cm³/mol. The Morgan fingerprint density at radius 2 is 2.05 bits per heavy atom. The van der Waals surface area contributed by atoms with Gasteiger partial charge in [-0.1, -0.05) is 18.2 Å². The molecule has 2 heterocycles. The standard InChI is InChI=1S/C17H16N2S/c1-3-15(14-4-2-10-18-16(14)5-1)17-9-8-13(20-17)11-19-12-6-7-12/h1-5,8-10,12,19H,6-7,11H2. The van der Waals surface area contributed by atoms with Crippen LogP contribution in [0.4, 0.5) is 0 Å². The molecule has 1 N–H and O–H groups in total. The van der Waals surface area contributed by atoms with E-state index in [0.29, 0.717) is 0 Å². The van der Waals surface area contributed by atoms with Crippen LogP contribution in [-0.2, 0) is 6.54 Å². The second-order valence-electron chi connectivity index (χ2n) is 5.30. The fraction of sp³-hybridized carbons (Fsp3) is 0.235. The van der Waals surface area contributed by atoms with Crippen LogP contribution >= 0.6 is 11.3 Å². The Morgan fingerprint density at radius 3 is 2.95 bits per heavy atom. The summed E-state index contributed by atoms with van der Waals surface area (Å²) in [6.07, 6.45) is 4.53. The summed E-state index contributed by atoms with van der Waals surface area (Å²) in [5.74, 6) is 0. The van der Waals surface area contributed by atoms with Crippen LogP contribution in [0.2, 0.25) is 0 Å². The highest BCUT2D eigenvalue weighted by molar-refractivity contribution is 7.15. The minimum atomic E-state index is 0.766. The van der Waals surface area contributed by atoms with Crippen LogP contribution in [0.15, 0.2) is 48.7 Å². The van der Waals surface area contributed by atoms with Crippen molar-refractivity contribution in [2.75, 3.05) is 0 Å². The first-order chi connectivity index (χ1) is 9.90. The van der Waals surface area contributed by atoms with Gasteiger partial charge in [0.1, 0.15) is 0 Å². The lowest BCUT2D eigenvalue weighted by Gasteiger charge is -2.03. The van der Waals surface area contributed by atoms with Gasteiger partial charge in [0.15, 0.2) is 0 Å². The zero-order chi connectivity index (χ0) is 13.4. The molecule has 0 amide bonds. The van der Waals surface area contributed by atoms with Crippen molar-refractivity contribution in [1.29, 1.82) is 0 Å². The second-order valence-corrected chi connectivity index (χ2v) is 6.47. The molecule has 0 spiro atoms. The fourth-order valence-corrected chi connectivity index (χ4v) is 3.47. The minimum absolute atomic E-state index is 0.766. The molecule has 3 aromatic rings. The first-order valence-electron chi connectivity index (χ1n) is 7.06. The Morgan fingerprint density at radius 1 is 1.10 bits per heavy atom. The van der Waals surface area contributed by atoms with Gasteiger partial charge in [-0.05, 0) is 37.1 Å². The van der Waals surface area contributed by atoms with E-state index in [1.807, 2.05) is 23.6 Å². The second kappa shape index (κ2) is 5.00. The van der Waals surface area contributed by atoms with Gasteiger partial charge in [-0.25, -0.2) is 0 Å². The molecule has 1 aliphatic carbocycles. The Bertz CT molecular complexity index is 738. The minimum Gasteiger partial charge on any atom is -0.309 e. The normalized spacial score (nSPS) is 14.8. The molecule has 0 bridgehead atoms. The number of fused-ring (bicyclic) bond motifs is 1. The summed E-state index contributed by atoms with van der Waals surface area (Å²) in [5.41, 5.74) is 2.36. The number of hydrogen-bond donors (Lipinski definition) is 1. The number of nitrogens with zero attached hydrogens (tertiary/aromatic N) is 1. The lowest BCUT2D eigenvalue weighted by Crippen LogP contribution is -2.14. The molecule has 0 unspecified atom stereocenters. The molecule has 0 atom stereocenters. The highest BCUT2D eigenvalue weighted by Gasteiger charge is 2.20. The molecule has 2 aromatic heterocycles. The van der Waals surface area contributed by atoms with Gasteiger partial charge >= 0.3 is 0 Å². The maximum absolute atomic E-state index is 4.43. The molecular weight excluding hydrogens is 264 g/mol. The molecule has 1 aromatic carbocycles. The van der Waals surface area contributed by atoms with Crippen molar-refractivity contribution in [3.05, 3.63) is 53.5 Å². The maximum atomic E-state index is 4.43. The van der Waals surface area contributed by atoms with E-state index in [1.165, 1.54) is 33.5 Å². The van der Waals surface area contributed by atoms with Crippen molar-refractivity contribution in [3.63, 3.8) is 0 Å². The molecule has 0 aliphatic heterocycles. The largest absolute Gasteiger partial charge is 0.309 e. The first kappa shape index (κ1) is 12.1. The smallest absolute Gasteiger partial charge is 0.0708 e. The van der Waals surface area contributed by atoms with E-state index in [9.17, 15) is 0 Å². The summed E-state index contributed by atoms with van der Waals surface area (Å²) in [4.78, 5) is 7.17. The van der Waals surface area contributed by atoms with Crippen LogP contribution in [0.5, 0.6) is 0 Å². The van der Waals surface area contributed by atoms with Gasteiger partial charge in [-0.15, -0.1) is 11.3 Å². The SMILES string of the molecule is c1cc(-c2ccc(CNC3CC3)s2)c2cccnc2c1. The average Bonchev–Trinajstić information content (AvgIpc) is 3.21. The van der Waals surface area contributed by atoms with Crippen LogP contribution in [0.1, 0.15) is 17.7 Å². The van der Waals surface area contributed by atoms with Gasteiger partial charge in [0.05, 0.1) is 5.52 Å². The van der Waals surface area contributed by atoms with Gasteiger partial charge in [0.2, 0.25) is 0 Å². The molecule has 2 nitrogen and oxygen atoms in total. The van der Waals surface area contributed by atoms with E-state index >= 15 is 0 Å². The Labute approximate surface area is 122 Å². The molecule has 4 rings (SSSR count). The topological polar surface area (TPSA) is 24.9 Å². The van der Waals surface area contributed by atoms with Crippen molar-refractivity contribution in [1.82, 2.24) is 10.3 Å². The number of thiophene rings is 1. The van der Waals surface area contributed by atoms with Crippen LogP contribution in [-0.4, -0.2) is 11.0 Å². The van der Waals surface area contributed by atoms with E-state index in [1.54, 1.807) is 0 Å². The maximum Gasteiger partial charge on any atom is 0.0708 e. The number of rotatable bonds is 4. The summed E-state index contributed by atoms with van der Waals surface area (Å²) in [5, 5.41) is 4.81. The number of aromatic nitrogens is 1. The highest BCUT2D eigenvalue weighted by Crippen LogP contribution is 2.33. The lowest BCUT2D eigenvalue weighted by atomic mass is 10.1. The van der Waals surface area contributed by atoms with Gasteiger partial charge in [-0.3, -0.25) is 4.98 Å². The lowest BCUT2D eigenvalue weighted by molar-refractivity contribution is 0.695. The van der Waals surface area contributed by atoms with Crippen molar-refractivity contribution in [2.24, 2.45) is 0 Å². The summed E-state index contributed by atoms with van der Waals surface area (Å²) in [6, 6.07) is 15.8. The Hall–Kier alpha value is -1.71. The first-order valence-corrected chi connectivity index (χ1v) is 7.88. The molecule has 1 saturated carbocycles. The summed E-state index contributed by atoms with van der Waals surface area (Å²) < 4.78 is 0. The van der Waals surface area contributed by atoms with Gasteiger partial charge in [0, 0.05) is 39.5 Å². The zero-order valence-electron chi connectivity index (χ0n) is 11.2. The third-order valence-electron chi connectivity index (χ3n) is 3.72. The van der Waals surface area contributed by atoms with Crippen molar-refractivity contribution >= 4 is 22.2 Å². The summed E-state index contributed by atoms with van der Waals surface area (Å²) >= 11 is 1.88. The van der Waals surface area contributed by atoms with Crippen LogP contribution in [0, 0.1) is 0 Å². The quantitative estimate of drug-likeness (QED) is 0.774. The molecule has 100 valence electrons. The summed E-state index contributed by atoms with van der Waals surface area (Å²) in [6.45, 7) is 0.998. The highest BCUT2D eigenvalue weighted by atomic mass is 32.1. The third-order valence-corrected chi connectivity index (χ3v) is 4.83. The van der Waals surface area contributed by atoms with Crippen LogP contribution in [0.25, 0.3) is 21.3 Å². The monoisotopic (exact) mass is 280 g/mol. The third kappa shape index (κ3) is 2.35. The molecular formula is C17H16N2S. The number of hydrogen-bond acceptors (Lipinski definition) is 3. The number of pyridine rings is 1. The Kier molecular flexibility index (Phi) is 3.02. The van der Waals surface area contributed by atoms with E-state index in [2.05, 4.69) is 46.7 Å². The average molecular weight is 280 g/mol. The molecule has 3 heteroatoms. The fourth-order valence-electron chi connectivity index (χ4n) is 2.47. The van der Waals surface area contributed by atoms with Crippen LogP contribution < -0.4 is 5.32 Å². The van der Waals surface area contributed by atoms with Crippen LogP contribution in [0.3, 0.4) is 0 Å². The van der Waals surface area contributed by atoms with E-state index in [4.69, 9.17) is 0 Å². The molecule has 0 saturated heterocycles. The molecule has 0 radical (unpaired) electrons. The van der Waals surface area contributed by atoms with E-state index < -0.39 is 0 Å². The predicted octanol–water partition coefficient (Wildman–Crippen LogP) is 4.22.